The minimum atomic E-state index is -1.17. The van der Waals surface area contributed by atoms with Gasteiger partial charge in [0.1, 0.15) is 0 Å². The standard InChI is InChI=1S/C16H11ClF2N2O4/c1-7(22)20-12-4-10(18)11(19)5-13(12)21-16(23)8-2-9(17)15-14(3-8)24-6-25-15/h2-5H,6H2,1H3,(H,20,22)(H,21,23). The highest BCUT2D eigenvalue weighted by molar-refractivity contribution is 6.33. The molecule has 130 valence electrons. The van der Waals surface area contributed by atoms with Crippen molar-refractivity contribution in [2.24, 2.45) is 0 Å². The average molecular weight is 369 g/mol. The zero-order valence-electron chi connectivity index (χ0n) is 12.8. The number of anilines is 2. The first kappa shape index (κ1) is 17.0. The monoisotopic (exact) mass is 368 g/mol. The molecule has 0 atom stereocenters. The summed E-state index contributed by atoms with van der Waals surface area (Å²) in [5, 5.41) is 4.90. The summed E-state index contributed by atoms with van der Waals surface area (Å²) < 4.78 is 37.2. The van der Waals surface area contributed by atoms with E-state index in [9.17, 15) is 18.4 Å². The molecule has 0 fully saturated rings. The number of nitrogens with one attached hydrogen (secondary N) is 2. The third-order valence-electron chi connectivity index (χ3n) is 3.31. The molecule has 0 aliphatic carbocycles. The molecule has 0 radical (unpaired) electrons. The second kappa shape index (κ2) is 6.56. The summed E-state index contributed by atoms with van der Waals surface area (Å²) in [7, 11) is 0. The topological polar surface area (TPSA) is 76.7 Å². The number of fused-ring (bicyclic) bond motifs is 1. The van der Waals surface area contributed by atoms with Gasteiger partial charge in [-0.05, 0) is 12.1 Å². The predicted molar refractivity (Wildman–Crippen MR) is 86.2 cm³/mol. The number of carbonyl (C=O) groups excluding carboxylic acids is 2. The summed E-state index contributed by atoms with van der Waals surface area (Å²) in [4.78, 5) is 23.6. The smallest absolute Gasteiger partial charge is 0.255 e. The molecule has 2 amide bonds. The van der Waals surface area contributed by atoms with Gasteiger partial charge in [-0.3, -0.25) is 9.59 Å². The van der Waals surface area contributed by atoms with Crippen molar-refractivity contribution in [3.05, 3.63) is 46.5 Å². The Morgan fingerprint density at radius 2 is 1.68 bits per heavy atom. The van der Waals surface area contributed by atoms with Crippen LogP contribution in [0.1, 0.15) is 17.3 Å². The summed E-state index contributed by atoms with van der Waals surface area (Å²) in [6, 6.07) is 4.30. The number of benzene rings is 2. The molecule has 1 aliphatic heterocycles. The van der Waals surface area contributed by atoms with Crippen LogP contribution in [0.3, 0.4) is 0 Å². The van der Waals surface area contributed by atoms with Gasteiger partial charge in [0.15, 0.2) is 23.1 Å². The number of hydrogen-bond donors (Lipinski definition) is 2. The van der Waals surface area contributed by atoms with E-state index in [0.717, 1.165) is 12.1 Å². The Kier molecular flexibility index (Phi) is 4.45. The van der Waals surface area contributed by atoms with Crippen LogP contribution in [0.5, 0.6) is 11.5 Å². The summed E-state index contributed by atoms with van der Waals surface area (Å²) in [6.45, 7) is 1.18. The average Bonchev–Trinajstić information content (AvgIpc) is 3.00. The van der Waals surface area contributed by atoms with Gasteiger partial charge in [0.2, 0.25) is 12.7 Å². The molecule has 3 rings (SSSR count). The van der Waals surface area contributed by atoms with Gasteiger partial charge in [0.05, 0.1) is 16.4 Å². The van der Waals surface area contributed by atoms with Crippen molar-refractivity contribution in [1.29, 1.82) is 0 Å². The molecule has 9 heteroatoms. The van der Waals surface area contributed by atoms with Crippen LogP contribution in [0, 0.1) is 11.6 Å². The summed E-state index contributed by atoms with van der Waals surface area (Å²) >= 11 is 6.02. The molecule has 2 aromatic rings. The molecule has 6 nitrogen and oxygen atoms in total. The first-order chi connectivity index (χ1) is 11.8. The van der Waals surface area contributed by atoms with Crippen molar-refractivity contribution in [3.63, 3.8) is 0 Å². The lowest BCUT2D eigenvalue weighted by molar-refractivity contribution is -0.114. The summed E-state index contributed by atoms with van der Waals surface area (Å²) in [5.74, 6) is -2.87. The van der Waals surface area contributed by atoms with Crippen molar-refractivity contribution in [1.82, 2.24) is 0 Å². The Labute approximate surface area is 145 Å². The van der Waals surface area contributed by atoms with Crippen LogP contribution in [0.4, 0.5) is 20.2 Å². The molecule has 0 bridgehead atoms. The van der Waals surface area contributed by atoms with Gasteiger partial charge in [-0.2, -0.15) is 0 Å². The third-order valence-corrected chi connectivity index (χ3v) is 3.59. The fourth-order valence-corrected chi connectivity index (χ4v) is 2.50. The van der Waals surface area contributed by atoms with Gasteiger partial charge in [0.25, 0.3) is 5.91 Å². The van der Waals surface area contributed by atoms with Crippen molar-refractivity contribution >= 4 is 34.8 Å². The maximum absolute atomic E-state index is 13.5. The van der Waals surface area contributed by atoms with E-state index >= 15 is 0 Å². The van der Waals surface area contributed by atoms with E-state index in [1.807, 2.05) is 0 Å². The highest BCUT2D eigenvalue weighted by atomic mass is 35.5. The van der Waals surface area contributed by atoms with Gasteiger partial charge in [0, 0.05) is 24.6 Å². The molecule has 1 aliphatic rings. The maximum Gasteiger partial charge on any atom is 0.255 e. The van der Waals surface area contributed by atoms with Crippen LogP contribution in [0.15, 0.2) is 24.3 Å². The fraction of sp³-hybridized carbons (Fsp3) is 0.125. The third kappa shape index (κ3) is 3.48. The first-order valence-corrected chi connectivity index (χ1v) is 7.40. The van der Waals surface area contributed by atoms with Crippen LogP contribution in [0.2, 0.25) is 5.02 Å². The second-order valence-electron chi connectivity index (χ2n) is 5.14. The van der Waals surface area contributed by atoms with Crippen LogP contribution in [-0.2, 0) is 4.79 Å². The van der Waals surface area contributed by atoms with E-state index in [0.29, 0.717) is 11.5 Å². The maximum atomic E-state index is 13.5. The van der Waals surface area contributed by atoms with Crippen LogP contribution < -0.4 is 20.1 Å². The van der Waals surface area contributed by atoms with Crippen molar-refractivity contribution in [3.8, 4) is 11.5 Å². The van der Waals surface area contributed by atoms with E-state index in [-0.39, 0.29) is 28.8 Å². The van der Waals surface area contributed by atoms with E-state index in [4.69, 9.17) is 21.1 Å². The molecule has 0 unspecified atom stereocenters. The van der Waals surface area contributed by atoms with Gasteiger partial charge >= 0.3 is 0 Å². The molecule has 1 heterocycles. The molecular formula is C16H11ClF2N2O4. The molecule has 2 aromatic carbocycles. The minimum absolute atomic E-state index is 0.0179. The molecule has 0 saturated carbocycles. The van der Waals surface area contributed by atoms with Crippen molar-refractivity contribution in [2.75, 3.05) is 17.4 Å². The van der Waals surface area contributed by atoms with Gasteiger partial charge in [-0.25, -0.2) is 8.78 Å². The van der Waals surface area contributed by atoms with Crippen molar-refractivity contribution in [2.45, 2.75) is 6.92 Å². The second-order valence-corrected chi connectivity index (χ2v) is 5.55. The van der Waals surface area contributed by atoms with E-state index in [1.165, 1.54) is 19.1 Å². The Balaban J connectivity index is 1.92. The molecule has 2 N–H and O–H groups in total. The minimum Gasteiger partial charge on any atom is -0.454 e. The number of ether oxygens (including phenoxy) is 2. The molecule has 25 heavy (non-hydrogen) atoms. The zero-order chi connectivity index (χ0) is 18.1. The van der Waals surface area contributed by atoms with E-state index < -0.39 is 23.4 Å². The number of hydrogen-bond acceptors (Lipinski definition) is 4. The van der Waals surface area contributed by atoms with Gasteiger partial charge in [-0.15, -0.1) is 0 Å². The Hall–Kier alpha value is -2.87. The highest BCUT2D eigenvalue weighted by Crippen LogP contribution is 2.40. The highest BCUT2D eigenvalue weighted by Gasteiger charge is 2.21. The Morgan fingerprint density at radius 1 is 1.04 bits per heavy atom. The quantitative estimate of drug-likeness (QED) is 0.868. The Morgan fingerprint density at radius 3 is 2.32 bits per heavy atom. The normalized spacial score (nSPS) is 12.0. The van der Waals surface area contributed by atoms with Crippen LogP contribution >= 0.6 is 11.6 Å². The number of rotatable bonds is 3. The van der Waals surface area contributed by atoms with E-state index in [2.05, 4.69) is 10.6 Å². The van der Waals surface area contributed by atoms with Gasteiger partial charge < -0.3 is 20.1 Å². The van der Waals surface area contributed by atoms with Crippen LogP contribution in [-0.4, -0.2) is 18.6 Å². The van der Waals surface area contributed by atoms with E-state index in [1.54, 1.807) is 0 Å². The number of halogens is 3. The molecule has 0 spiro atoms. The van der Waals surface area contributed by atoms with Crippen molar-refractivity contribution < 1.29 is 27.8 Å². The fourth-order valence-electron chi connectivity index (χ4n) is 2.24. The summed E-state index contributed by atoms with van der Waals surface area (Å²) in [6.07, 6.45) is 0. The number of carbonyl (C=O) groups is 2. The lowest BCUT2D eigenvalue weighted by Gasteiger charge is -2.12. The SMILES string of the molecule is CC(=O)Nc1cc(F)c(F)cc1NC(=O)c1cc(Cl)c2c(c1)OCO2. The zero-order valence-corrected chi connectivity index (χ0v) is 13.5. The Bertz CT molecular complexity index is 889. The molecular weight excluding hydrogens is 358 g/mol. The molecule has 0 aromatic heterocycles. The predicted octanol–water partition coefficient (Wildman–Crippen LogP) is 3.56. The number of amides is 2. The molecule has 0 saturated heterocycles. The lowest BCUT2D eigenvalue weighted by Crippen LogP contribution is -2.16. The van der Waals surface area contributed by atoms with Crippen LogP contribution in [0.25, 0.3) is 0 Å². The van der Waals surface area contributed by atoms with Gasteiger partial charge in [-0.1, -0.05) is 11.6 Å². The summed E-state index contributed by atoms with van der Waals surface area (Å²) in [5.41, 5.74) is -0.0627. The largest absolute Gasteiger partial charge is 0.454 e. The lowest BCUT2D eigenvalue weighted by atomic mass is 10.1. The first-order valence-electron chi connectivity index (χ1n) is 7.02.